The number of para-hydroxylation sites is 1. The zero-order valence-corrected chi connectivity index (χ0v) is 13.4. The van der Waals surface area contributed by atoms with Crippen LogP contribution in [0.15, 0.2) is 47.2 Å². The molecular formula is C18H21NO2S. The van der Waals surface area contributed by atoms with E-state index in [2.05, 4.69) is 5.38 Å². The molecule has 2 aromatic rings. The summed E-state index contributed by atoms with van der Waals surface area (Å²) in [6.07, 6.45) is 2.64. The minimum Gasteiger partial charge on any atom is -0.494 e. The average molecular weight is 315 g/mol. The highest BCUT2D eigenvalue weighted by molar-refractivity contribution is 7.07. The molecule has 2 heterocycles. The number of hydrogen-bond donors (Lipinski definition) is 0. The largest absolute Gasteiger partial charge is 0.494 e. The molecule has 1 aliphatic rings. The zero-order valence-electron chi connectivity index (χ0n) is 12.6. The molecule has 1 aromatic carbocycles. The number of nitrogens with zero attached hydrogens (tertiary/aromatic N) is 1. The molecule has 0 N–H and O–H groups in total. The van der Waals surface area contributed by atoms with Crippen molar-refractivity contribution in [3.63, 3.8) is 0 Å². The fourth-order valence-corrected chi connectivity index (χ4v) is 3.50. The van der Waals surface area contributed by atoms with E-state index in [1.54, 1.807) is 11.3 Å². The molecule has 0 radical (unpaired) electrons. The molecule has 4 heteroatoms. The van der Waals surface area contributed by atoms with Crippen LogP contribution < -0.4 is 4.74 Å². The third-order valence-corrected chi connectivity index (χ3v) is 4.84. The van der Waals surface area contributed by atoms with Gasteiger partial charge in [-0.2, -0.15) is 11.3 Å². The fraction of sp³-hybridized carbons (Fsp3) is 0.389. The Bertz CT molecular complexity index is 582. The Kier molecular flexibility index (Phi) is 5.11. The van der Waals surface area contributed by atoms with Crippen LogP contribution in [-0.2, 0) is 11.2 Å². The molecule has 0 aliphatic carbocycles. The van der Waals surface area contributed by atoms with Crippen LogP contribution >= 0.6 is 11.3 Å². The number of benzene rings is 1. The van der Waals surface area contributed by atoms with E-state index in [1.807, 2.05) is 46.7 Å². The van der Waals surface area contributed by atoms with Gasteiger partial charge in [-0.3, -0.25) is 4.79 Å². The van der Waals surface area contributed by atoms with Crippen LogP contribution in [0.1, 0.15) is 18.4 Å². The van der Waals surface area contributed by atoms with Crippen molar-refractivity contribution in [3.8, 4) is 5.75 Å². The summed E-state index contributed by atoms with van der Waals surface area (Å²) in [5.41, 5.74) is 1.13. The molecule has 1 amide bonds. The molecular weight excluding hydrogens is 294 g/mol. The van der Waals surface area contributed by atoms with Gasteiger partial charge in [0.05, 0.1) is 13.0 Å². The van der Waals surface area contributed by atoms with Crippen LogP contribution in [-0.4, -0.2) is 30.5 Å². The molecule has 1 fully saturated rings. The summed E-state index contributed by atoms with van der Waals surface area (Å²) in [5.74, 6) is 1.74. The Morgan fingerprint density at radius 2 is 2.14 bits per heavy atom. The molecule has 0 saturated carbocycles. The monoisotopic (exact) mass is 315 g/mol. The van der Waals surface area contributed by atoms with E-state index in [9.17, 15) is 4.79 Å². The second-order valence-electron chi connectivity index (χ2n) is 5.75. The SMILES string of the molecule is O=C(Cc1ccsc1)N1CCC(CCOc2ccccc2)C1. The molecule has 3 rings (SSSR count). The number of carbonyl (C=O) groups excluding carboxylic acids is 1. The van der Waals surface area contributed by atoms with E-state index < -0.39 is 0 Å². The van der Waals surface area contributed by atoms with E-state index >= 15 is 0 Å². The molecule has 1 unspecified atom stereocenters. The van der Waals surface area contributed by atoms with E-state index in [1.165, 1.54) is 0 Å². The normalized spacial score (nSPS) is 17.6. The summed E-state index contributed by atoms with van der Waals surface area (Å²) in [6.45, 7) is 2.49. The molecule has 22 heavy (non-hydrogen) atoms. The Balaban J connectivity index is 1.39. The van der Waals surface area contributed by atoms with Crippen molar-refractivity contribution in [1.82, 2.24) is 4.90 Å². The maximum atomic E-state index is 12.3. The van der Waals surface area contributed by atoms with Gasteiger partial charge in [-0.05, 0) is 53.3 Å². The maximum Gasteiger partial charge on any atom is 0.227 e. The lowest BCUT2D eigenvalue weighted by atomic mass is 10.1. The summed E-state index contributed by atoms with van der Waals surface area (Å²) < 4.78 is 5.75. The topological polar surface area (TPSA) is 29.5 Å². The van der Waals surface area contributed by atoms with Crippen LogP contribution in [0.4, 0.5) is 0 Å². The maximum absolute atomic E-state index is 12.3. The predicted molar refractivity (Wildman–Crippen MR) is 89.3 cm³/mol. The van der Waals surface area contributed by atoms with Crippen LogP contribution in [0.3, 0.4) is 0 Å². The van der Waals surface area contributed by atoms with Gasteiger partial charge in [0.2, 0.25) is 5.91 Å². The quantitative estimate of drug-likeness (QED) is 0.815. The number of hydrogen-bond acceptors (Lipinski definition) is 3. The van der Waals surface area contributed by atoms with Crippen molar-refractivity contribution < 1.29 is 9.53 Å². The predicted octanol–water partition coefficient (Wildman–Crippen LogP) is 3.61. The van der Waals surface area contributed by atoms with Crippen molar-refractivity contribution in [1.29, 1.82) is 0 Å². The third-order valence-electron chi connectivity index (χ3n) is 4.11. The summed E-state index contributed by atoms with van der Waals surface area (Å²) in [5, 5.41) is 4.08. The first-order valence-electron chi connectivity index (χ1n) is 7.78. The lowest BCUT2D eigenvalue weighted by molar-refractivity contribution is -0.129. The Labute approximate surface area is 135 Å². The number of thiophene rings is 1. The van der Waals surface area contributed by atoms with Crippen molar-refractivity contribution in [3.05, 3.63) is 52.7 Å². The summed E-state index contributed by atoms with van der Waals surface area (Å²) in [4.78, 5) is 14.3. The van der Waals surface area contributed by atoms with Crippen LogP contribution in [0.25, 0.3) is 0 Å². The summed E-state index contributed by atoms with van der Waals surface area (Å²) in [7, 11) is 0. The summed E-state index contributed by atoms with van der Waals surface area (Å²) in [6, 6.07) is 11.9. The Morgan fingerprint density at radius 3 is 2.91 bits per heavy atom. The van der Waals surface area contributed by atoms with Gasteiger partial charge < -0.3 is 9.64 Å². The minimum atomic E-state index is 0.255. The van der Waals surface area contributed by atoms with Gasteiger partial charge in [-0.25, -0.2) is 0 Å². The molecule has 0 bridgehead atoms. The van der Waals surface area contributed by atoms with E-state index in [0.29, 0.717) is 12.3 Å². The van der Waals surface area contributed by atoms with Crippen molar-refractivity contribution >= 4 is 17.2 Å². The highest BCUT2D eigenvalue weighted by Crippen LogP contribution is 2.21. The molecule has 3 nitrogen and oxygen atoms in total. The summed E-state index contributed by atoms with van der Waals surface area (Å²) >= 11 is 1.65. The highest BCUT2D eigenvalue weighted by Gasteiger charge is 2.26. The van der Waals surface area contributed by atoms with Crippen molar-refractivity contribution in [2.24, 2.45) is 5.92 Å². The number of ether oxygens (including phenoxy) is 1. The lowest BCUT2D eigenvalue weighted by Crippen LogP contribution is -2.30. The van der Waals surface area contributed by atoms with Crippen molar-refractivity contribution in [2.45, 2.75) is 19.3 Å². The van der Waals surface area contributed by atoms with E-state index in [-0.39, 0.29) is 5.91 Å². The highest BCUT2D eigenvalue weighted by atomic mass is 32.1. The molecule has 1 aliphatic heterocycles. The zero-order chi connectivity index (χ0) is 15.2. The fourth-order valence-electron chi connectivity index (χ4n) is 2.83. The third kappa shape index (κ3) is 4.10. The van der Waals surface area contributed by atoms with Crippen LogP contribution in [0.5, 0.6) is 5.75 Å². The Hall–Kier alpha value is -1.81. The minimum absolute atomic E-state index is 0.255. The number of amides is 1. The molecule has 1 saturated heterocycles. The van der Waals surface area contributed by atoms with Gasteiger partial charge in [0.25, 0.3) is 0 Å². The average Bonchev–Trinajstić information content (AvgIpc) is 3.20. The first kappa shape index (κ1) is 15.1. The second-order valence-corrected chi connectivity index (χ2v) is 6.53. The molecule has 0 spiro atoms. The van der Waals surface area contributed by atoms with Gasteiger partial charge in [-0.1, -0.05) is 18.2 Å². The molecule has 1 aromatic heterocycles. The number of rotatable bonds is 6. The molecule has 1 atom stereocenters. The van der Waals surface area contributed by atoms with Gasteiger partial charge in [0.1, 0.15) is 5.75 Å². The van der Waals surface area contributed by atoms with E-state index in [4.69, 9.17) is 4.74 Å². The first-order valence-corrected chi connectivity index (χ1v) is 8.72. The van der Waals surface area contributed by atoms with Gasteiger partial charge in [0, 0.05) is 13.1 Å². The van der Waals surface area contributed by atoms with Crippen molar-refractivity contribution in [2.75, 3.05) is 19.7 Å². The first-order chi connectivity index (χ1) is 10.8. The second kappa shape index (κ2) is 7.45. The standard InChI is InChI=1S/C18H21NO2S/c20-18(12-16-8-11-22-14-16)19-9-6-15(13-19)7-10-21-17-4-2-1-3-5-17/h1-5,8,11,14-15H,6-7,9-10,12-13H2. The molecule has 116 valence electrons. The van der Waals surface area contributed by atoms with Crippen LogP contribution in [0, 0.1) is 5.92 Å². The number of likely N-dealkylation sites (tertiary alicyclic amines) is 1. The number of carbonyl (C=O) groups is 1. The van der Waals surface area contributed by atoms with E-state index in [0.717, 1.165) is 43.9 Å². The smallest absolute Gasteiger partial charge is 0.227 e. The lowest BCUT2D eigenvalue weighted by Gasteiger charge is -2.16. The van der Waals surface area contributed by atoms with Crippen LogP contribution in [0.2, 0.25) is 0 Å². The van der Waals surface area contributed by atoms with Gasteiger partial charge >= 0.3 is 0 Å². The van der Waals surface area contributed by atoms with Gasteiger partial charge in [0.15, 0.2) is 0 Å². The van der Waals surface area contributed by atoms with Gasteiger partial charge in [-0.15, -0.1) is 0 Å². The Morgan fingerprint density at radius 1 is 1.27 bits per heavy atom.